The largest absolute Gasteiger partial charge is 0.483 e. The summed E-state index contributed by atoms with van der Waals surface area (Å²) in [6.07, 6.45) is 12.2. The van der Waals surface area contributed by atoms with Crippen LogP contribution in [0.15, 0.2) is 12.2 Å². The normalized spacial score (nSPS) is 18.2. The fraction of sp³-hybridized carbons (Fsp3) is 0.583. The zero-order valence-electron chi connectivity index (χ0n) is 18.1. The molecule has 5 nitrogen and oxygen atoms in total. The van der Waals surface area contributed by atoms with E-state index in [2.05, 4.69) is 25.1 Å². The topological polar surface area (TPSA) is 79.5 Å². The molecule has 1 heterocycles. The lowest BCUT2D eigenvalue weighted by Gasteiger charge is -2.36. The van der Waals surface area contributed by atoms with Crippen molar-refractivity contribution in [1.29, 1.82) is 5.26 Å². The molecule has 1 aromatic rings. The van der Waals surface area contributed by atoms with E-state index in [0.717, 1.165) is 72.9 Å². The maximum Gasteiger partial charge on any atom is 0.341 e. The maximum atomic E-state index is 10.9. The van der Waals surface area contributed by atoms with Crippen molar-refractivity contribution in [3.63, 3.8) is 0 Å². The predicted octanol–water partition coefficient (Wildman–Crippen LogP) is 5.58. The lowest BCUT2D eigenvalue weighted by atomic mass is 9.86. The highest BCUT2D eigenvalue weighted by Crippen LogP contribution is 2.44. The van der Waals surface area contributed by atoms with Gasteiger partial charge in [-0.2, -0.15) is 5.26 Å². The summed E-state index contributed by atoms with van der Waals surface area (Å²) in [4.78, 5) is 10.9. The van der Waals surface area contributed by atoms with E-state index in [0.29, 0.717) is 12.2 Å². The molecule has 1 aliphatic heterocycles. The Bertz CT molecular complexity index is 806. The molecule has 1 unspecified atom stereocenters. The summed E-state index contributed by atoms with van der Waals surface area (Å²) in [5.74, 6) is 0.610. The van der Waals surface area contributed by atoms with Crippen LogP contribution >= 0.6 is 0 Å². The summed E-state index contributed by atoms with van der Waals surface area (Å²) < 4.78 is 12.0. The highest BCUT2D eigenvalue weighted by atomic mass is 16.5. The van der Waals surface area contributed by atoms with Gasteiger partial charge in [0.1, 0.15) is 17.1 Å². The van der Waals surface area contributed by atoms with Crippen LogP contribution in [0.1, 0.15) is 74.1 Å². The number of benzene rings is 1. The van der Waals surface area contributed by atoms with Gasteiger partial charge in [0.15, 0.2) is 6.61 Å². The second-order valence-electron chi connectivity index (χ2n) is 8.12. The van der Waals surface area contributed by atoms with Gasteiger partial charge in [-0.3, -0.25) is 0 Å². The van der Waals surface area contributed by atoms with E-state index in [1.807, 2.05) is 20.8 Å². The third kappa shape index (κ3) is 6.00. The Labute approximate surface area is 174 Å². The number of fused-ring (bicyclic) bond motifs is 1. The number of ether oxygens (including phenoxy) is 2. The van der Waals surface area contributed by atoms with E-state index >= 15 is 0 Å². The fourth-order valence-corrected chi connectivity index (χ4v) is 3.87. The number of unbranched alkanes of at least 4 members (excludes halogenated alkanes) is 5. The van der Waals surface area contributed by atoms with Gasteiger partial charge in [-0.15, -0.1) is 0 Å². The standard InChI is InChI=1S/C24H33NO4/c1-17-18(2)23-20(19(3)22(17)28-16-21(26)27)12-14-24(4,29-23)13-10-8-6-5-7-9-11-15-25/h10,13H,5-9,11-12,14,16H2,1-4H3,(H,26,27)/b13-10+. The van der Waals surface area contributed by atoms with Crippen molar-refractivity contribution in [2.75, 3.05) is 6.61 Å². The Morgan fingerprint density at radius 2 is 1.93 bits per heavy atom. The molecule has 29 heavy (non-hydrogen) atoms. The van der Waals surface area contributed by atoms with Crippen LogP contribution in [0.3, 0.4) is 0 Å². The summed E-state index contributed by atoms with van der Waals surface area (Å²) in [5, 5.41) is 17.5. The average Bonchev–Trinajstić information content (AvgIpc) is 2.68. The van der Waals surface area contributed by atoms with Crippen LogP contribution in [0, 0.1) is 32.1 Å². The monoisotopic (exact) mass is 399 g/mol. The van der Waals surface area contributed by atoms with Crippen molar-refractivity contribution in [3.8, 4) is 17.6 Å². The average molecular weight is 400 g/mol. The molecule has 0 aromatic heterocycles. The third-order valence-electron chi connectivity index (χ3n) is 5.74. The SMILES string of the molecule is Cc1c(C)c2c(c(C)c1OCC(=O)O)CCC(C)(/C=C/CCCCCCC#N)O2. The number of rotatable bonds is 10. The minimum atomic E-state index is -0.974. The third-order valence-corrected chi connectivity index (χ3v) is 5.74. The van der Waals surface area contributed by atoms with E-state index in [9.17, 15) is 4.79 Å². The van der Waals surface area contributed by atoms with Gasteiger partial charge in [-0.1, -0.05) is 18.9 Å². The number of allylic oxidation sites excluding steroid dienone is 1. The maximum absolute atomic E-state index is 10.9. The van der Waals surface area contributed by atoms with Crippen molar-refractivity contribution in [3.05, 3.63) is 34.4 Å². The number of hydrogen-bond donors (Lipinski definition) is 1. The van der Waals surface area contributed by atoms with Gasteiger partial charge >= 0.3 is 5.97 Å². The summed E-state index contributed by atoms with van der Waals surface area (Å²) >= 11 is 0. The highest BCUT2D eigenvalue weighted by Gasteiger charge is 2.32. The second-order valence-corrected chi connectivity index (χ2v) is 8.12. The number of carboxylic acids is 1. The van der Waals surface area contributed by atoms with E-state index in [-0.39, 0.29) is 12.2 Å². The van der Waals surface area contributed by atoms with Crippen LogP contribution in [0.5, 0.6) is 11.5 Å². The van der Waals surface area contributed by atoms with Crippen LogP contribution in [0.25, 0.3) is 0 Å². The Balaban J connectivity index is 2.05. The first-order chi connectivity index (χ1) is 13.8. The number of hydrogen-bond acceptors (Lipinski definition) is 4. The number of carboxylic acid groups (broad SMARTS) is 1. The molecule has 1 N–H and O–H groups in total. The smallest absolute Gasteiger partial charge is 0.341 e. The molecule has 158 valence electrons. The van der Waals surface area contributed by atoms with Gasteiger partial charge in [0.25, 0.3) is 0 Å². The molecular formula is C24H33NO4. The number of aliphatic carboxylic acids is 1. The minimum Gasteiger partial charge on any atom is -0.483 e. The van der Waals surface area contributed by atoms with E-state index < -0.39 is 5.97 Å². The van der Waals surface area contributed by atoms with Crippen molar-refractivity contribution in [1.82, 2.24) is 0 Å². The summed E-state index contributed by atoms with van der Waals surface area (Å²) in [7, 11) is 0. The highest BCUT2D eigenvalue weighted by molar-refractivity contribution is 5.69. The number of carbonyl (C=O) groups is 1. The lowest BCUT2D eigenvalue weighted by Crippen LogP contribution is -2.35. The molecule has 0 radical (unpaired) electrons. The van der Waals surface area contributed by atoms with Gasteiger partial charge < -0.3 is 14.6 Å². The predicted molar refractivity (Wildman–Crippen MR) is 114 cm³/mol. The van der Waals surface area contributed by atoms with Gasteiger partial charge in [0, 0.05) is 12.0 Å². The van der Waals surface area contributed by atoms with Gasteiger partial charge in [0.2, 0.25) is 0 Å². The van der Waals surface area contributed by atoms with Gasteiger partial charge in [0.05, 0.1) is 6.07 Å². The minimum absolute atomic E-state index is 0.332. The Morgan fingerprint density at radius 3 is 2.62 bits per heavy atom. The van der Waals surface area contributed by atoms with E-state index in [4.69, 9.17) is 19.8 Å². The van der Waals surface area contributed by atoms with Crippen LogP contribution < -0.4 is 9.47 Å². The molecule has 1 atom stereocenters. The lowest BCUT2D eigenvalue weighted by molar-refractivity contribution is -0.139. The quantitative estimate of drug-likeness (QED) is 0.410. The van der Waals surface area contributed by atoms with Crippen LogP contribution in [0.2, 0.25) is 0 Å². The number of nitrogens with zero attached hydrogens (tertiary/aromatic N) is 1. The molecule has 0 saturated heterocycles. The van der Waals surface area contributed by atoms with Crippen molar-refractivity contribution in [2.45, 2.75) is 84.7 Å². The Hall–Kier alpha value is -2.48. The first-order valence-electron chi connectivity index (χ1n) is 10.5. The summed E-state index contributed by atoms with van der Waals surface area (Å²) in [6.45, 7) is 7.74. The molecular weight excluding hydrogens is 366 g/mol. The van der Waals surface area contributed by atoms with Crippen LogP contribution in [-0.4, -0.2) is 23.3 Å². The van der Waals surface area contributed by atoms with Crippen molar-refractivity contribution in [2.24, 2.45) is 0 Å². The van der Waals surface area contributed by atoms with Crippen molar-refractivity contribution >= 4 is 5.97 Å². The molecule has 0 saturated carbocycles. The Morgan fingerprint density at radius 1 is 1.21 bits per heavy atom. The molecule has 0 spiro atoms. The van der Waals surface area contributed by atoms with Crippen molar-refractivity contribution < 1.29 is 19.4 Å². The van der Waals surface area contributed by atoms with E-state index in [1.54, 1.807) is 0 Å². The molecule has 1 aliphatic rings. The molecule has 0 amide bonds. The number of nitriles is 1. The first kappa shape index (κ1) is 22.8. The molecule has 5 heteroatoms. The molecule has 2 rings (SSSR count). The zero-order valence-corrected chi connectivity index (χ0v) is 18.1. The first-order valence-corrected chi connectivity index (χ1v) is 10.5. The van der Waals surface area contributed by atoms with Gasteiger partial charge in [-0.05, 0) is 82.6 Å². The molecule has 0 bridgehead atoms. The van der Waals surface area contributed by atoms with Crippen LogP contribution in [0.4, 0.5) is 0 Å². The van der Waals surface area contributed by atoms with Crippen LogP contribution in [-0.2, 0) is 11.2 Å². The summed E-state index contributed by atoms with van der Waals surface area (Å²) in [5.41, 5.74) is 3.72. The summed E-state index contributed by atoms with van der Waals surface area (Å²) in [6, 6.07) is 2.19. The molecule has 0 fully saturated rings. The zero-order chi connectivity index (χ0) is 21.4. The molecule has 1 aromatic carbocycles. The van der Waals surface area contributed by atoms with E-state index in [1.165, 1.54) is 0 Å². The second kappa shape index (κ2) is 10.3. The Kier molecular flexibility index (Phi) is 8.13. The fourth-order valence-electron chi connectivity index (χ4n) is 3.87. The van der Waals surface area contributed by atoms with Gasteiger partial charge in [-0.25, -0.2) is 4.79 Å². The molecule has 0 aliphatic carbocycles.